The summed E-state index contributed by atoms with van der Waals surface area (Å²) >= 11 is 5.94. The van der Waals surface area contributed by atoms with Crippen LogP contribution in [-0.2, 0) is 9.53 Å². The van der Waals surface area contributed by atoms with Gasteiger partial charge < -0.3 is 9.64 Å². The first-order valence-corrected chi connectivity index (χ1v) is 5.65. The summed E-state index contributed by atoms with van der Waals surface area (Å²) < 4.78 is 4.84. The lowest BCUT2D eigenvalue weighted by Gasteiger charge is -2.21. The molecule has 88 valence electrons. The molecule has 1 aromatic rings. The molecular weight excluding hydrogens is 226 g/mol. The summed E-state index contributed by atoms with van der Waals surface area (Å²) in [6.45, 7) is 2.56. The maximum Gasteiger partial charge on any atom is 0.325 e. The molecule has 1 rings (SSSR count). The van der Waals surface area contributed by atoms with Crippen LogP contribution >= 0.6 is 11.6 Å². The molecular formula is C12H16ClNO2. The van der Waals surface area contributed by atoms with Crippen LogP contribution in [0.2, 0.25) is 0 Å². The summed E-state index contributed by atoms with van der Waals surface area (Å²) in [6, 6.07) is 9.77. The Hall–Kier alpha value is -1.22. The second-order valence-corrected chi connectivity index (χ2v) is 3.96. The molecule has 0 spiro atoms. The van der Waals surface area contributed by atoms with Crippen molar-refractivity contribution in [2.24, 2.45) is 0 Å². The Bertz CT molecular complexity index is 329. The van der Waals surface area contributed by atoms with Crippen LogP contribution in [0.3, 0.4) is 0 Å². The van der Waals surface area contributed by atoms with Crippen LogP contribution in [-0.4, -0.2) is 31.5 Å². The van der Waals surface area contributed by atoms with Gasteiger partial charge in [-0.05, 0) is 19.1 Å². The van der Waals surface area contributed by atoms with E-state index in [1.165, 1.54) is 0 Å². The molecule has 0 saturated heterocycles. The predicted octanol–water partition coefficient (Wildman–Crippen LogP) is 2.29. The number of rotatable bonds is 5. The van der Waals surface area contributed by atoms with E-state index in [4.69, 9.17) is 16.3 Å². The molecule has 3 nitrogen and oxygen atoms in total. The average Bonchev–Trinajstić information content (AvgIpc) is 2.30. The van der Waals surface area contributed by atoms with Crippen molar-refractivity contribution < 1.29 is 9.53 Å². The van der Waals surface area contributed by atoms with Gasteiger partial charge in [-0.25, -0.2) is 0 Å². The Morgan fingerprint density at radius 1 is 1.44 bits per heavy atom. The maximum atomic E-state index is 11.3. The summed E-state index contributed by atoms with van der Waals surface area (Å²) in [5, 5.41) is -0.634. The fraction of sp³-hybridized carbons (Fsp3) is 0.417. The van der Waals surface area contributed by atoms with Crippen LogP contribution in [0.5, 0.6) is 0 Å². The van der Waals surface area contributed by atoms with Crippen molar-refractivity contribution in [1.29, 1.82) is 0 Å². The van der Waals surface area contributed by atoms with Gasteiger partial charge in [0.1, 0.15) is 5.38 Å². The van der Waals surface area contributed by atoms with Gasteiger partial charge in [0.15, 0.2) is 0 Å². The monoisotopic (exact) mass is 241 g/mol. The van der Waals surface area contributed by atoms with Crippen LogP contribution < -0.4 is 4.90 Å². The second-order valence-electron chi connectivity index (χ2n) is 3.44. The quantitative estimate of drug-likeness (QED) is 0.585. The fourth-order valence-corrected chi connectivity index (χ4v) is 1.61. The number of hydrogen-bond donors (Lipinski definition) is 0. The Labute approximate surface area is 101 Å². The Morgan fingerprint density at radius 3 is 2.62 bits per heavy atom. The van der Waals surface area contributed by atoms with Gasteiger partial charge in [-0.1, -0.05) is 18.2 Å². The highest BCUT2D eigenvalue weighted by molar-refractivity contribution is 6.30. The Morgan fingerprint density at radius 2 is 2.06 bits per heavy atom. The molecule has 0 aliphatic carbocycles. The lowest BCUT2D eigenvalue weighted by atomic mass is 10.3. The number of alkyl halides is 1. The number of nitrogens with zero attached hydrogens (tertiary/aromatic N) is 1. The summed E-state index contributed by atoms with van der Waals surface area (Å²) in [5.41, 5.74) is 1.03. The zero-order valence-electron chi connectivity index (χ0n) is 9.52. The van der Waals surface area contributed by atoms with Gasteiger partial charge >= 0.3 is 5.97 Å². The maximum absolute atomic E-state index is 11.3. The Balaban J connectivity index is 2.51. The van der Waals surface area contributed by atoms with E-state index >= 15 is 0 Å². The lowest BCUT2D eigenvalue weighted by Crippen LogP contribution is -2.32. The Kier molecular flexibility index (Phi) is 5.12. The van der Waals surface area contributed by atoms with E-state index in [-0.39, 0.29) is 5.97 Å². The first kappa shape index (κ1) is 12.8. The van der Waals surface area contributed by atoms with Crippen molar-refractivity contribution >= 4 is 23.3 Å². The van der Waals surface area contributed by atoms with Gasteiger partial charge in [0.25, 0.3) is 0 Å². The van der Waals surface area contributed by atoms with Gasteiger partial charge in [-0.2, -0.15) is 0 Å². The standard InChI is InChI=1S/C12H16ClNO2/c1-3-16-12(15)11(13)9-14(2)10-7-5-4-6-8-10/h4-8,11H,3,9H2,1-2H3. The van der Waals surface area contributed by atoms with Crippen LogP contribution in [0.1, 0.15) is 6.92 Å². The van der Waals surface area contributed by atoms with Gasteiger partial charge in [0.05, 0.1) is 6.61 Å². The molecule has 4 heteroatoms. The van der Waals surface area contributed by atoms with Crippen molar-refractivity contribution in [1.82, 2.24) is 0 Å². The van der Waals surface area contributed by atoms with E-state index in [1.807, 2.05) is 42.3 Å². The van der Waals surface area contributed by atoms with Crippen molar-refractivity contribution in [3.63, 3.8) is 0 Å². The minimum atomic E-state index is -0.634. The number of anilines is 1. The highest BCUT2D eigenvalue weighted by atomic mass is 35.5. The van der Waals surface area contributed by atoms with Crippen LogP contribution in [0.25, 0.3) is 0 Å². The number of halogens is 1. The largest absolute Gasteiger partial charge is 0.465 e. The summed E-state index contributed by atoms with van der Waals surface area (Å²) in [7, 11) is 1.89. The summed E-state index contributed by atoms with van der Waals surface area (Å²) in [5.74, 6) is -0.369. The van der Waals surface area contributed by atoms with Crippen molar-refractivity contribution in [3.8, 4) is 0 Å². The number of carbonyl (C=O) groups excluding carboxylic acids is 1. The molecule has 0 N–H and O–H groups in total. The topological polar surface area (TPSA) is 29.5 Å². The minimum absolute atomic E-state index is 0.358. The molecule has 0 fully saturated rings. The molecule has 16 heavy (non-hydrogen) atoms. The highest BCUT2D eigenvalue weighted by Crippen LogP contribution is 2.13. The molecule has 1 atom stereocenters. The van der Waals surface area contributed by atoms with E-state index in [1.54, 1.807) is 6.92 Å². The van der Waals surface area contributed by atoms with Crippen LogP contribution in [0.4, 0.5) is 5.69 Å². The third-order valence-corrected chi connectivity index (χ3v) is 2.49. The van der Waals surface area contributed by atoms with E-state index in [0.717, 1.165) is 5.69 Å². The van der Waals surface area contributed by atoms with E-state index in [2.05, 4.69) is 0 Å². The van der Waals surface area contributed by atoms with Gasteiger partial charge in [0, 0.05) is 19.3 Å². The minimum Gasteiger partial charge on any atom is -0.465 e. The van der Waals surface area contributed by atoms with Crippen LogP contribution in [0, 0.1) is 0 Å². The molecule has 0 aliphatic heterocycles. The van der Waals surface area contributed by atoms with Gasteiger partial charge in [-0.15, -0.1) is 11.6 Å². The van der Waals surface area contributed by atoms with Crippen molar-refractivity contribution in [2.75, 3.05) is 25.1 Å². The number of benzene rings is 1. The van der Waals surface area contributed by atoms with E-state index in [0.29, 0.717) is 13.2 Å². The lowest BCUT2D eigenvalue weighted by molar-refractivity contribution is -0.142. The summed E-state index contributed by atoms with van der Waals surface area (Å²) in [6.07, 6.45) is 0. The molecule has 1 unspecified atom stereocenters. The van der Waals surface area contributed by atoms with Crippen LogP contribution in [0.15, 0.2) is 30.3 Å². The zero-order valence-corrected chi connectivity index (χ0v) is 10.3. The smallest absolute Gasteiger partial charge is 0.325 e. The average molecular weight is 242 g/mol. The first-order chi connectivity index (χ1) is 7.65. The molecule has 0 amide bonds. The number of hydrogen-bond acceptors (Lipinski definition) is 3. The second kappa shape index (κ2) is 6.38. The number of carbonyl (C=O) groups is 1. The van der Waals surface area contributed by atoms with Crippen molar-refractivity contribution in [2.45, 2.75) is 12.3 Å². The number of ether oxygens (including phenoxy) is 1. The molecule has 1 aromatic carbocycles. The predicted molar refractivity (Wildman–Crippen MR) is 66.0 cm³/mol. The molecule has 0 radical (unpaired) electrons. The number of esters is 1. The van der Waals surface area contributed by atoms with Gasteiger partial charge in [0.2, 0.25) is 0 Å². The van der Waals surface area contributed by atoms with Crippen molar-refractivity contribution in [3.05, 3.63) is 30.3 Å². The molecule has 0 heterocycles. The fourth-order valence-electron chi connectivity index (χ4n) is 1.34. The molecule has 0 bridgehead atoms. The van der Waals surface area contributed by atoms with Gasteiger partial charge in [-0.3, -0.25) is 4.79 Å². The SMILES string of the molecule is CCOC(=O)C(Cl)CN(C)c1ccccc1. The third-order valence-electron chi connectivity index (χ3n) is 2.17. The number of para-hydroxylation sites is 1. The van der Waals surface area contributed by atoms with E-state index in [9.17, 15) is 4.79 Å². The summed E-state index contributed by atoms with van der Waals surface area (Å²) in [4.78, 5) is 13.3. The van der Waals surface area contributed by atoms with E-state index < -0.39 is 5.38 Å². The highest BCUT2D eigenvalue weighted by Gasteiger charge is 2.18. The molecule has 0 aliphatic rings. The first-order valence-electron chi connectivity index (χ1n) is 5.22. The molecule has 0 aromatic heterocycles. The third kappa shape index (κ3) is 3.74. The molecule has 0 saturated carbocycles. The zero-order chi connectivity index (χ0) is 12.0. The normalized spacial score (nSPS) is 11.9.